The van der Waals surface area contributed by atoms with Crippen LogP contribution in [0.1, 0.15) is 43.9 Å². The van der Waals surface area contributed by atoms with Crippen molar-refractivity contribution in [1.82, 2.24) is 0 Å². The second-order valence-electron chi connectivity index (χ2n) is 5.45. The molecule has 2 rings (SSSR count). The predicted molar refractivity (Wildman–Crippen MR) is 85.4 cm³/mol. The first-order valence-electron chi connectivity index (χ1n) is 7.95. The van der Waals surface area contributed by atoms with Gasteiger partial charge in [0.2, 0.25) is 0 Å². The zero-order valence-corrected chi connectivity index (χ0v) is 13.6. The van der Waals surface area contributed by atoms with Crippen LogP contribution < -0.4 is 0 Å². The molecule has 1 aromatic rings. The first-order valence-corrected chi connectivity index (χ1v) is 7.95. The summed E-state index contributed by atoms with van der Waals surface area (Å²) in [6.45, 7) is 5.32. The minimum Gasteiger partial charge on any atom is -0.466 e. The number of carbonyl (C=O) groups is 1. The molecular formula is C18H23FO4. The summed E-state index contributed by atoms with van der Waals surface area (Å²) in [5.74, 6) is -0.501. The lowest BCUT2D eigenvalue weighted by Gasteiger charge is -2.15. The normalized spacial score (nSPS) is 18.1. The maximum atomic E-state index is 13.5. The molecule has 0 aliphatic carbocycles. The summed E-state index contributed by atoms with van der Waals surface area (Å²) in [6, 6.07) is 4.63. The highest BCUT2D eigenvalue weighted by Gasteiger charge is 2.24. The Morgan fingerprint density at radius 1 is 1.52 bits per heavy atom. The van der Waals surface area contributed by atoms with E-state index in [1.54, 1.807) is 13.0 Å². The van der Waals surface area contributed by atoms with E-state index in [4.69, 9.17) is 14.2 Å². The van der Waals surface area contributed by atoms with Crippen molar-refractivity contribution in [3.63, 3.8) is 0 Å². The Morgan fingerprint density at radius 2 is 2.30 bits per heavy atom. The second-order valence-corrected chi connectivity index (χ2v) is 5.45. The highest BCUT2D eigenvalue weighted by Crippen LogP contribution is 2.25. The predicted octanol–water partition coefficient (Wildman–Crippen LogP) is 3.66. The van der Waals surface area contributed by atoms with Crippen molar-refractivity contribution in [1.29, 1.82) is 0 Å². The summed E-state index contributed by atoms with van der Waals surface area (Å²) in [6.07, 6.45) is 4.66. The number of halogens is 1. The Hall–Kier alpha value is -1.72. The monoisotopic (exact) mass is 322 g/mol. The molecule has 1 aromatic carbocycles. The SMILES string of the molecule is CCOC(=O)CCC=Cc1ccc(F)cc1[C@@H](C)OC[C@H]1CO1. The summed E-state index contributed by atoms with van der Waals surface area (Å²) in [5, 5.41) is 0. The van der Waals surface area contributed by atoms with Crippen molar-refractivity contribution >= 4 is 12.0 Å². The maximum absolute atomic E-state index is 13.5. The molecule has 126 valence electrons. The van der Waals surface area contributed by atoms with Crippen LogP contribution in [0, 0.1) is 5.82 Å². The van der Waals surface area contributed by atoms with E-state index in [2.05, 4.69) is 0 Å². The van der Waals surface area contributed by atoms with Gasteiger partial charge < -0.3 is 14.2 Å². The smallest absolute Gasteiger partial charge is 0.306 e. The largest absolute Gasteiger partial charge is 0.466 e. The first-order chi connectivity index (χ1) is 11.1. The Morgan fingerprint density at radius 3 is 3.00 bits per heavy atom. The summed E-state index contributed by atoms with van der Waals surface area (Å²) in [4.78, 5) is 11.3. The molecule has 4 nitrogen and oxygen atoms in total. The second kappa shape index (κ2) is 8.79. The fourth-order valence-corrected chi connectivity index (χ4v) is 2.20. The number of allylic oxidation sites excluding steroid dienone is 1. The molecule has 0 bridgehead atoms. The minimum atomic E-state index is -0.290. The van der Waals surface area contributed by atoms with Crippen molar-refractivity contribution < 1.29 is 23.4 Å². The van der Waals surface area contributed by atoms with Crippen LogP contribution in [0.5, 0.6) is 0 Å². The highest BCUT2D eigenvalue weighted by atomic mass is 19.1. The van der Waals surface area contributed by atoms with Gasteiger partial charge in [-0.1, -0.05) is 18.2 Å². The van der Waals surface area contributed by atoms with Gasteiger partial charge in [-0.3, -0.25) is 4.79 Å². The summed E-state index contributed by atoms with van der Waals surface area (Å²) >= 11 is 0. The van der Waals surface area contributed by atoms with Crippen LogP contribution in [0.4, 0.5) is 4.39 Å². The molecule has 5 heteroatoms. The lowest BCUT2D eigenvalue weighted by molar-refractivity contribution is -0.142. The number of ether oxygens (including phenoxy) is 3. The van der Waals surface area contributed by atoms with Gasteiger partial charge in [-0.05, 0) is 43.5 Å². The number of carbonyl (C=O) groups excluding carboxylic acids is 1. The molecule has 1 fully saturated rings. The standard InChI is InChI=1S/C18H23FO4/c1-3-21-18(20)7-5-4-6-14-8-9-15(19)10-17(14)13(2)22-11-16-12-23-16/h4,6,8-10,13,16H,3,5,7,11-12H2,1-2H3/t13-,16+/m1/s1. The van der Waals surface area contributed by atoms with Crippen LogP contribution >= 0.6 is 0 Å². The van der Waals surface area contributed by atoms with Crippen LogP contribution in [-0.2, 0) is 19.0 Å². The summed E-state index contributed by atoms with van der Waals surface area (Å²) < 4.78 is 29.2. The fourth-order valence-electron chi connectivity index (χ4n) is 2.20. The van der Waals surface area contributed by atoms with E-state index in [1.807, 2.05) is 19.1 Å². The van der Waals surface area contributed by atoms with Gasteiger partial charge >= 0.3 is 5.97 Å². The molecule has 0 amide bonds. The van der Waals surface area contributed by atoms with Crippen LogP contribution in [0.25, 0.3) is 6.08 Å². The van der Waals surface area contributed by atoms with Crippen LogP contribution in [-0.4, -0.2) is 31.9 Å². The lowest BCUT2D eigenvalue weighted by atomic mass is 10.0. The summed E-state index contributed by atoms with van der Waals surface area (Å²) in [5.41, 5.74) is 1.68. The van der Waals surface area contributed by atoms with E-state index in [-0.39, 0.29) is 24.0 Å². The quantitative estimate of drug-likeness (QED) is 0.514. The third-order valence-corrected chi connectivity index (χ3v) is 3.54. The van der Waals surface area contributed by atoms with Gasteiger partial charge in [0.05, 0.1) is 25.9 Å². The van der Waals surface area contributed by atoms with E-state index in [1.165, 1.54) is 12.1 Å². The molecule has 23 heavy (non-hydrogen) atoms. The van der Waals surface area contributed by atoms with Gasteiger partial charge in [-0.15, -0.1) is 0 Å². The van der Waals surface area contributed by atoms with Gasteiger partial charge in [0, 0.05) is 6.42 Å². The Bertz CT molecular complexity index is 552. The molecule has 0 spiro atoms. The molecule has 0 radical (unpaired) electrons. The number of benzene rings is 1. The lowest BCUT2D eigenvalue weighted by Crippen LogP contribution is -2.07. The van der Waals surface area contributed by atoms with Crippen molar-refractivity contribution in [2.45, 2.75) is 38.9 Å². The molecule has 2 atom stereocenters. The van der Waals surface area contributed by atoms with E-state index in [9.17, 15) is 9.18 Å². The van der Waals surface area contributed by atoms with E-state index >= 15 is 0 Å². The van der Waals surface area contributed by atoms with Gasteiger partial charge in [0.25, 0.3) is 0 Å². The fraction of sp³-hybridized carbons (Fsp3) is 0.500. The Balaban J connectivity index is 1.95. The highest BCUT2D eigenvalue weighted by molar-refractivity contribution is 5.69. The van der Waals surface area contributed by atoms with E-state index in [0.29, 0.717) is 26.1 Å². The molecule has 0 saturated carbocycles. The molecule has 1 aliphatic rings. The molecule has 0 N–H and O–H groups in total. The van der Waals surface area contributed by atoms with E-state index in [0.717, 1.165) is 17.7 Å². The number of esters is 1. The molecule has 1 aliphatic heterocycles. The van der Waals surface area contributed by atoms with Crippen LogP contribution in [0.15, 0.2) is 24.3 Å². The van der Waals surface area contributed by atoms with Crippen molar-refractivity contribution in [2.75, 3.05) is 19.8 Å². The van der Waals surface area contributed by atoms with Crippen molar-refractivity contribution in [3.05, 3.63) is 41.2 Å². The molecule has 1 saturated heterocycles. The molecule has 0 unspecified atom stereocenters. The summed E-state index contributed by atoms with van der Waals surface area (Å²) in [7, 11) is 0. The molecule has 0 aromatic heterocycles. The number of hydrogen-bond acceptors (Lipinski definition) is 4. The third kappa shape index (κ3) is 6.12. The average molecular weight is 322 g/mol. The van der Waals surface area contributed by atoms with Crippen LogP contribution in [0.3, 0.4) is 0 Å². The van der Waals surface area contributed by atoms with Crippen LogP contribution in [0.2, 0.25) is 0 Å². The molecule has 1 heterocycles. The van der Waals surface area contributed by atoms with Gasteiger partial charge in [0.15, 0.2) is 0 Å². The van der Waals surface area contributed by atoms with Crippen molar-refractivity contribution in [3.8, 4) is 0 Å². The molecular weight excluding hydrogens is 299 g/mol. The van der Waals surface area contributed by atoms with Gasteiger partial charge in [0.1, 0.15) is 11.9 Å². The topological polar surface area (TPSA) is 48.1 Å². The van der Waals surface area contributed by atoms with Gasteiger partial charge in [-0.2, -0.15) is 0 Å². The third-order valence-electron chi connectivity index (χ3n) is 3.54. The maximum Gasteiger partial charge on any atom is 0.306 e. The zero-order chi connectivity index (χ0) is 16.7. The van der Waals surface area contributed by atoms with E-state index < -0.39 is 0 Å². The number of hydrogen-bond donors (Lipinski definition) is 0. The minimum absolute atomic E-state index is 0.176. The number of rotatable bonds is 9. The Labute approximate surface area is 136 Å². The number of epoxide rings is 1. The van der Waals surface area contributed by atoms with Gasteiger partial charge in [-0.25, -0.2) is 4.39 Å². The first kappa shape index (κ1) is 17.6. The zero-order valence-electron chi connectivity index (χ0n) is 13.6. The Kier molecular flexibility index (Phi) is 6.74. The average Bonchev–Trinajstić information content (AvgIpc) is 3.35. The van der Waals surface area contributed by atoms with Crippen molar-refractivity contribution in [2.24, 2.45) is 0 Å².